The number of nitrogens with one attached hydrogen (secondary N) is 1. The van der Waals surface area contributed by atoms with Crippen molar-refractivity contribution in [1.82, 2.24) is 0 Å². The van der Waals surface area contributed by atoms with Crippen molar-refractivity contribution < 1.29 is 14.5 Å². The SMILES string of the molecule is Cc1cc(Br)ccc1NC(=O)COc1ccc([N+](=O)[O-])cc1C. The molecule has 0 saturated heterocycles. The molecule has 0 aliphatic carbocycles. The minimum atomic E-state index is -0.472. The average Bonchev–Trinajstić information content (AvgIpc) is 2.48. The molecule has 1 amide bonds. The Morgan fingerprint density at radius 2 is 1.96 bits per heavy atom. The number of halogens is 1. The Bertz CT molecular complexity index is 762. The maximum atomic E-state index is 12.0. The first-order valence-corrected chi connectivity index (χ1v) is 7.60. The predicted octanol–water partition coefficient (Wildman–Crippen LogP) is 3.99. The molecule has 2 aromatic rings. The number of anilines is 1. The minimum absolute atomic E-state index is 0.00945. The normalized spacial score (nSPS) is 10.2. The Balaban J connectivity index is 1.98. The lowest BCUT2D eigenvalue weighted by Gasteiger charge is -2.11. The number of carbonyl (C=O) groups excluding carboxylic acids is 1. The van der Waals surface area contributed by atoms with E-state index >= 15 is 0 Å². The van der Waals surface area contributed by atoms with Crippen molar-refractivity contribution in [2.75, 3.05) is 11.9 Å². The van der Waals surface area contributed by atoms with Gasteiger partial charge in [0.1, 0.15) is 5.75 Å². The molecular formula is C16H15BrN2O4. The second kappa shape index (κ2) is 7.23. The molecule has 0 radical (unpaired) electrons. The molecule has 0 fully saturated rings. The fraction of sp³-hybridized carbons (Fsp3) is 0.188. The van der Waals surface area contributed by atoms with Crippen molar-refractivity contribution in [3.63, 3.8) is 0 Å². The van der Waals surface area contributed by atoms with Crippen LogP contribution in [0.5, 0.6) is 5.75 Å². The summed E-state index contributed by atoms with van der Waals surface area (Å²) in [5, 5.41) is 13.5. The lowest BCUT2D eigenvalue weighted by molar-refractivity contribution is -0.384. The van der Waals surface area contributed by atoms with Gasteiger partial charge in [0.25, 0.3) is 11.6 Å². The fourth-order valence-corrected chi connectivity index (χ4v) is 2.48. The van der Waals surface area contributed by atoms with Crippen molar-refractivity contribution in [2.24, 2.45) is 0 Å². The summed E-state index contributed by atoms with van der Waals surface area (Å²) in [6.45, 7) is 3.41. The Kier molecular flexibility index (Phi) is 5.33. The van der Waals surface area contributed by atoms with Gasteiger partial charge in [-0.2, -0.15) is 0 Å². The molecule has 1 N–H and O–H groups in total. The zero-order valence-electron chi connectivity index (χ0n) is 12.6. The van der Waals surface area contributed by atoms with Gasteiger partial charge in [-0.3, -0.25) is 14.9 Å². The summed E-state index contributed by atoms with van der Waals surface area (Å²) in [5.41, 5.74) is 2.23. The number of nitro benzene ring substituents is 1. The third-order valence-electron chi connectivity index (χ3n) is 3.19. The average molecular weight is 379 g/mol. The molecule has 0 aliphatic rings. The van der Waals surface area contributed by atoms with E-state index < -0.39 is 4.92 Å². The minimum Gasteiger partial charge on any atom is -0.483 e. The topological polar surface area (TPSA) is 81.5 Å². The van der Waals surface area contributed by atoms with Crippen LogP contribution in [0.25, 0.3) is 0 Å². The summed E-state index contributed by atoms with van der Waals surface area (Å²) in [6.07, 6.45) is 0. The molecule has 6 nitrogen and oxygen atoms in total. The van der Waals surface area contributed by atoms with Crippen LogP contribution >= 0.6 is 15.9 Å². The number of hydrogen-bond acceptors (Lipinski definition) is 4. The predicted molar refractivity (Wildman–Crippen MR) is 90.8 cm³/mol. The molecule has 0 bridgehead atoms. The Hall–Kier alpha value is -2.41. The molecule has 0 atom stereocenters. The van der Waals surface area contributed by atoms with Crippen LogP contribution < -0.4 is 10.1 Å². The second-order valence-corrected chi connectivity index (χ2v) is 5.92. The lowest BCUT2D eigenvalue weighted by Crippen LogP contribution is -2.20. The van der Waals surface area contributed by atoms with Crippen LogP contribution in [0.15, 0.2) is 40.9 Å². The van der Waals surface area contributed by atoms with Gasteiger partial charge in [-0.25, -0.2) is 0 Å². The van der Waals surface area contributed by atoms with Gasteiger partial charge in [0.15, 0.2) is 6.61 Å². The number of ether oxygens (including phenoxy) is 1. The smallest absolute Gasteiger partial charge is 0.269 e. The first kappa shape index (κ1) is 17.0. The molecule has 0 unspecified atom stereocenters. The molecule has 23 heavy (non-hydrogen) atoms. The van der Waals surface area contributed by atoms with Crippen LogP contribution in [0, 0.1) is 24.0 Å². The van der Waals surface area contributed by atoms with E-state index in [4.69, 9.17) is 4.74 Å². The van der Waals surface area contributed by atoms with Gasteiger partial charge in [-0.15, -0.1) is 0 Å². The quantitative estimate of drug-likeness (QED) is 0.629. The van der Waals surface area contributed by atoms with E-state index in [1.165, 1.54) is 18.2 Å². The molecule has 7 heteroatoms. The van der Waals surface area contributed by atoms with E-state index in [0.717, 1.165) is 10.0 Å². The second-order valence-electron chi connectivity index (χ2n) is 5.00. The highest BCUT2D eigenvalue weighted by Crippen LogP contribution is 2.23. The summed E-state index contributed by atoms with van der Waals surface area (Å²) >= 11 is 3.36. The summed E-state index contributed by atoms with van der Waals surface area (Å²) in [4.78, 5) is 22.2. The Morgan fingerprint density at radius 1 is 1.22 bits per heavy atom. The Labute approximate surface area is 141 Å². The zero-order valence-corrected chi connectivity index (χ0v) is 14.2. The molecule has 0 aliphatic heterocycles. The maximum Gasteiger partial charge on any atom is 0.269 e. The highest BCUT2D eigenvalue weighted by Gasteiger charge is 2.11. The molecule has 0 saturated carbocycles. The first-order chi connectivity index (χ1) is 10.9. The van der Waals surface area contributed by atoms with Crippen LogP contribution in [-0.2, 0) is 4.79 Å². The molecule has 0 spiro atoms. The third kappa shape index (κ3) is 4.53. The lowest BCUT2D eigenvalue weighted by atomic mass is 10.2. The number of nitro groups is 1. The molecule has 2 aromatic carbocycles. The van der Waals surface area contributed by atoms with E-state index in [1.54, 1.807) is 13.0 Å². The monoisotopic (exact) mass is 378 g/mol. The fourth-order valence-electron chi connectivity index (χ4n) is 2.01. The summed E-state index contributed by atoms with van der Waals surface area (Å²) < 4.78 is 6.36. The largest absolute Gasteiger partial charge is 0.483 e. The van der Waals surface area contributed by atoms with E-state index in [0.29, 0.717) is 17.0 Å². The van der Waals surface area contributed by atoms with Gasteiger partial charge in [0.05, 0.1) is 4.92 Å². The summed E-state index contributed by atoms with van der Waals surface area (Å²) in [7, 11) is 0. The molecule has 2 rings (SSSR count). The van der Waals surface area contributed by atoms with Gasteiger partial charge in [-0.05, 0) is 49.2 Å². The van der Waals surface area contributed by atoms with E-state index in [-0.39, 0.29) is 18.2 Å². The van der Waals surface area contributed by atoms with Gasteiger partial charge >= 0.3 is 0 Å². The van der Waals surface area contributed by atoms with Crippen LogP contribution in [-0.4, -0.2) is 17.4 Å². The van der Waals surface area contributed by atoms with Gasteiger partial charge in [0.2, 0.25) is 0 Å². The van der Waals surface area contributed by atoms with Crippen LogP contribution in [0.2, 0.25) is 0 Å². The molecular weight excluding hydrogens is 364 g/mol. The number of non-ortho nitro benzene ring substituents is 1. The van der Waals surface area contributed by atoms with Crippen LogP contribution in [0.4, 0.5) is 11.4 Å². The van der Waals surface area contributed by atoms with E-state index in [1.807, 2.05) is 19.1 Å². The maximum absolute atomic E-state index is 12.0. The molecule has 120 valence electrons. The zero-order chi connectivity index (χ0) is 17.0. The summed E-state index contributed by atoms with van der Waals surface area (Å²) in [5.74, 6) is 0.145. The van der Waals surface area contributed by atoms with Crippen molar-refractivity contribution in [1.29, 1.82) is 0 Å². The van der Waals surface area contributed by atoms with Crippen LogP contribution in [0.3, 0.4) is 0 Å². The Morgan fingerprint density at radius 3 is 2.57 bits per heavy atom. The van der Waals surface area contributed by atoms with Crippen molar-refractivity contribution in [3.8, 4) is 5.75 Å². The first-order valence-electron chi connectivity index (χ1n) is 6.80. The van der Waals surface area contributed by atoms with Gasteiger partial charge < -0.3 is 10.1 Å². The summed E-state index contributed by atoms with van der Waals surface area (Å²) in [6, 6.07) is 9.78. The number of rotatable bonds is 5. The number of benzene rings is 2. The number of hydrogen-bond donors (Lipinski definition) is 1. The number of amides is 1. The highest BCUT2D eigenvalue weighted by molar-refractivity contribution is 9.10. The van der Waals surface area contributed by atoms with Crippen molar-refractivity contribution >= 4 is 33.2 Å². The highest BCUT2D eigenvalue weighted by atomic mass is 79.9. The van der Waals surface area contributed by atoms with Crippen LogP contribution in [0.1, 0.15) is 11.1 Å². The third-order valence-corrected chi connectivity index (χ3v) is 3.68. The number of nitrogens with zero attached hydrogens (tertiary/aromatic N) is 1. The van der Waals surface area contributed by atoms with Gasteiger partial charge in [-0.1, -0.05) is 15.9 Å². The van der Waals surface area contributed by atoms with Crippen molar-refractivity contribution in [3.05, 3.63) is 62.1 Å². The van der Waals surface area contributed by atoms with Gasteiger partial charge in [0, 0.05) is 22.3 Å². The standard InChI is InChI=1S/C16H15BrN2O4/c1-10-7-12(17)3-5-14(10)18-16(20)9-23-15-6-4-13(19(21)22)8-11(15)2/h3-8H,9H2,1-2H3,(H,18,20). The van der Waals surface area contributed by atoms with E-state index in [9.17, 15) is 14.9 Å². The molecule has 0 aromatic heterocycles. The van der Waals surface area contributed by atoms with Crippen molar-refractivity contribution in [2.45, 2.75) is 13.8 Å². The molecule has 0 heterocycles. The van der Waals surface area contributed by atoms with E-state index in [2.05, 4.69) is 21.2 Å². The number of carbonyl (C=O) groups is 1. The number of aryl methyl sites for hydroxylation is 2.